The predicted octanol–water partition coefficient (Wildman–Crippen LogP) is 3.78. The third-order valence-electron chi connectivity index (χ3n) is 2.22. The summed E-state index contributed by atoms with van der Waals surface area (Å²) >= 11 is 0. The second-order valence-electron chi connectivity index (χ2n) is 3.70. The Morgan fingerprint density at radius 2 is 1.93 bits per heavy atom. The van der Waals surface area contributed by atoms with Gasteiger partial charge in [0.05, 0.1) is 5.52 Å². The van der Waals surface area contributed by atoms with Crippen molar-refractivity contribution >= 4 is 10.9 Å². The van der Waals surface area contributed by atoms with Crippen LogP contribution in [0, 0.1) is 6.92 Å². The van der Waals surface area contributed by atoms with E-state index >= 15 is 0 Å². The summed E-state index contributed by atoms with van der Waals surface area (Å²) in [5.41, 5.74) is 2.59. The number of hydrogen-bond donors (Lipinski definition) is 0. The molecule has 82 valence electrons. The molecule has 0 saturated carbocycles. The molecule has 0 fully saturated rings. The van der Waals surface area contributed by atoms with Crippen LogP contribution in [0.2, 0.25) is 0 Å². The Morgan fingerprint density at radius 3 is 2.53 bits per heavy atom. The normalized spacial score (nSPS) is 9.87. The van der Waals surface area contributed by atoms with Crippen molar-refractivity contribution in [2.24, 2.45) is 0 Å². The molecule has 0 atom stereocenters. The van der Waals surface area contributed by atoms with E-state index in [0.29, 0.717) is 0 Å². The van der Waals surface area contributed by atoms with E-state index in [4.69, 9.17) is 0 Å². The maximum Gasteiger partial charge on any atom is 0.0513 e. The van der Waals surface area contributed by atoms with Gasteiger partial charge in [-0.2, -0.15) is 0 Å². The highest BCUT2D eigenvalue weighted by atomic mass is 14.9. The van der Waals surface area contributed by atoms with Crippen molar-refractivity contribution in [3.8, 4) is 0 Å². The molecule has 0 bridgehead atoms. The lowest BCUT2D eigenvalue weighted by atomic mass is 10.2. The van der Waals surface area contributed by atoms with E-state index in [1.54, 1.807) is 0 Å². The smallest absolute Gasteiger partial charge is 0.0513 e. The van der Waals surface area contributed by atoms with E-state index in [2.05, 4.69) is 49.5 Å². The van der Waals surface area contributed by atoms with Gasteiger partial charge in [-0.15, -0.1) is 0 Å². The van der Waals surface area contributed by atoms with Crippen LogP contribution < -0.4 is 0 Å². The van der Waals surface area contributed by atoms with Crippen LogP contribution in [0.4, 0.5) is 0 Å². The minimum Gasteiger partial charge on any atom is -0.347 e. The Bertz CT molecular complexity index is 415. The van der Waals surface area contributed by atoms with Gasteiger partial charge in [-0.1, -0.05) is 20.3 Å². The Morgan fingerprint density at radius 1 is 1.27 bits per heavy atom. The molecule has 2 rings (SSSR count). The summed E-state index contributed by atoms with van der Waals surface area (Å²) in [6.45, 7) is 9.55. The molecule has 2 aromatic rings. The molecule has 15 heavy (non-hydrogen) atoms. The summed E-state index contributed by atoms with van der Waals surface area (Å²) in [4.78, 5) is 4.11. The number of pyridine rings is 1. The monoisotopic (exact) mass is 204 g/mol. The van der Waals surface area contributed by atoms with Gasteiger partial charge in [0.15, 0.2) is 0 Å². The molecular weight excluding hydrogens is 184 g/mol. The predicted molar refractivity (Wildman–Crippen MR) is 66.1 cm³/mol. The topological polar surface area (TPSA) is 17.8 Å². The number of aromatic nitrogens is 2. The number of hydrogen-bond acceptors (Lipinski definition) is 1. The zero-order valence-corrected chi connectivity index (χ0v) is 10.1. The molecule has 2 nitrogen and oxygen atoms in total. The van der Waals surface area contributed by atoms with Crippen LogP contribution in [-0.4, -0.2) is 9.55 Å². The van der Waals surface area contributed by atoms with Gasteiger partial charge in [0.25, 0.3) is 0 Å². The van der Waals surface area contributed by atoms with Crippen molar-refractivity contribution < 1.29 is 0 Å². The molecule has 0 aromatic carbocycles. The molecule has 0 spiro atoms. The second-order valence-corrected chi connectivity index (χ2v) is 3.70. The molecular formula is C13H20N2. The van der Waals surface area contributed by atoms with Gasteiger partial charge in [-0.3, -0.25) is 4.98 Å². The zero-order valence-electron chi connectivity index (χ0n) is 10.1. The third-order valence-corrected chi connectivity index (χ3v) is 2.22. The molecule has 0 aliphatic carbocycles. The van der Waals surface area contributed by atoms with E-state index in [1.807, 2.05) is 12.4 Å². The molecule has 2 aromatic heterocycles. The Kier molecular flexibility index (Phi) is 4.35. The standard InChI is InChI=1S/C10H12N2.C3H8/c1-3-12-7-8(2)9-6-11-5-4-10(9)12;1-3-2/h4-7H,3H2,1-2H3;3H2,1-2H3. The van der Waals surface area contributed by atoms with E-state index in [9.17, 15) is 0 Å². The molecule has 0 aliphatic heterocycles. The van der Waals surface area contributed by atoms with Crippen molar-refractivity contribution in [3.05, 3.63) is 30.2 Å². The molecule has 0 saturated heterocycles. The first-order chi connectivity index (χ1) is 7.24. The van der Waals surface area contributed by atoms with Crippen LogP contribution in [-0.2, 0) is 6.54 Å². The highest BCUT2D eigenvalue weighted by Gasteiger charge is 2.01. The molecule has 0 amide bonds. The van der Waals surface area contributed by atoms with Crippen molar-refractivity contribution in [3.63, 3.8) is 0 Å². The molecule has 0 aliphatic rings. The van der Waals surface area contributed by atoms with Crippen LogP contribution in [0.5, 0.6) is 0 Å². The number of fused-ring (bicyclic) bond motifs is 1. The van der Waals surface area contributed by atoms with Gasteiger partial charge in [-0.25, -0.2) is 0 Å². The summed E-state index contributed by atoms with van der Waals surface area (Å²) in [5, 5.41) is 1.26. The first-order valence-corrected chi connectivity index (χ1v) is 5.64. The fraction of sp³-hybridized carbons (Fsp3) is 0.462. The lowest BCUT2D eigenvalue weighted by molar-refractivity contribution is 0.795. The van der Waals surface area contributed by atoms with Crippen molar-refractivity contribution in [2.75, 3.05) is 0 Å². The maximum absolute atomic E-state index is 4.11. The quantitative estimate of drug-likeness (QED) is 0.691. The molecule has 2 heteroatoms. The highest BCUT2D eigenvalue weighted by molar-refractivity contribution is 5.82. The van der Waals surface area contributed by atoms with E-state index < -0.39 is 0 Å². The van der Waals surface area contributed by atoms with E-state index in [1.165, 1.54) is 22.9 Å². The van der Waals surface area contributed by atoms with Gasteiger partial charge < -0.3 is 4.57 Å². The highest BCUT2D eigenvalue weighted by Crippen LogP contribution is 2.18. The van der Waals surface area contributed by atoms with Crippen LogP contribution in [0.15, 0.2) is 24.7 Å². The average Bonchev–Trinajstić information content (AvgIpc) is 2.58. The summed E-state index contributed by atoms with van der Waals surface area (Å²) in [5.74, 6) is 0. The number of aryl methyl sites for hydroxylation is 2. The number of rotatable bonds is 1. The Hall–Kier alpha value is -1.31. The van der Waals surface area contributed by atoms with E-state index in [-0.39, 0.29) is 0 Å². The zero-order chi connectivity index (χ0) is 11.3. The second kappa shape index (κ2) is 5.54. The van der Waals surface area contributed by atoms with Crippen LogP contribution >= 0.6 is 0 Å². The lowest BCUT2D eigenvalue weighted by Crippen LogP contribution is -1.89. The van der Waals surface area contributed by atoms with Gasteiger partial charge in [0.1, 0.15) is 0 Å². The summed E-state index contributed by atoms with van der Waals surface area (Å²) in [7, 11) is 0. The largest absolute Gasteiger partial charge is 0.347 e. The van der Waals surface area contributed by atoms with Gasteiger partial charge >= 0.3 is 0 Å². The van der Waals surface area contributed by atoms with Crippen LogP contribution in [0.3, 0.4) is 0 Å². The fourth-order valence-corrected chi connectivity index (χ4v) is 1.58. The third kappa shape index (κ3) is 2.58. The SMILES string of the molecule is CCC.CCn1cc(C)c2cnccc21. The van der Waals surface area contributed by atoms with Crippen molar-refractivity contribution in [1.29, 1.82) is 0 Å². The van der Waals surface area contributed by atoms with Gasteiger partial charge in [0, 0.05) is 30.5 Å². The number of nitrogens with zero attached hydrogens (tertiary/aromatic N) is 2. The van der Waals surface area contributed by atoms with Crippen molar-refractivity contribution in [1.82, 2.24) is 9.55 Å². The van der Waals surface area contributed by atoms with Gasteiger partial charge in [0.2, 0.25) is 0 Å². The molecule has 0 N–H and O–H groups in total. The maximum atomic E-state index is 4.11. The summed E-state index contributed by atoms with van der Waals surface area (Å²) in [6, 6.07) is 2.06. The molecule has 0 radical (unpaired) electrons. The lowest BCUT2D eigenvalue weighted by Gasteiger charge is -1.97. The Balaban J connectivity index is 0.000000337. The summed E-state index contributed by atoms with van der Waals surface area (Å²) in [6.07, 6.45) is 7.19. The minimum absolute atomic E-state index is 1.02. The van der Waals surface area contributed by atoms with Crippen molar-refractivity contribution in [2.45, 2.75) is 40.7 Å². The first-order valence-electron chi connectivity index (χ1n) is 5.64. The van der Waals surface area contributed by atoms with E-state index in [0.717, 1.165) is 6.54 Å². The van der Waals surface area contributed by atoms with Gasteiger partial charge in [-0.05, 0) is 25.5 Å². The minimum atomic E-state index is 1.02. The fourth-order valence-electron chi connectivity index (χ4n) is 1.58. The van der Waals surface area contributed by atoms with Crippen LogP contribution in [0.1, 0.15) is 32.8 Å². The molecule has 0 unspecified atom stereocenters. The molecule has 2 heterocycles. The van der Waals surface area contributed by atoms with Crippen LogP contribution in [0.25, 0.3) is 10.9 Å². The Labute approximate surface area is 91.9 Å². The summed E-state index contributed by atoms with van der Waals surface area (Å²) < 4.78 is 2.24. The average molecular weight is 204 g/mol. The first kappa shape index (κ1) is 11.8.